The number of piperidine rings is 2. The number of hydrogen-bond acceptors (Lipinski definition) is 3. The fraction of sp³-hybridized carbons (Fsp3) is 0.650. The molecule has 2 fully saturated rings. The number of likely N-dealkylation sites (tertiary alicyclic amines) is 1. The van der Waals surface area contributed by atoms with E-state index in [4.69, 9.17) is 4.74 Å². The smallest absolute Gasteiger partial charge is 0.222 e. The molecule has 0 aromatic heterocycles. The van der Waals surface area contributed by atoms with Crippen LogP contribution in [0.15, 0.2) is 24.3 Å². The third-order valence-corrected chi connectivity index (χ3v) is 5.90. The van der Waals surface area contributed by atoms with Gasteiger partial charge in [0, 0.05) is 19.0 Å². The summed E-state index contributed by atoms with van der Waals surface area (Å²) in [5.74, 6) is 1.24. The maximum absolute atomic E-state index is 12.5. The molecule has 1 unspecified atom stereocenters. The average molecular weight is 367 g/mol. The van der Waals surface area contributed by atoms with Gasteiger partial charge in [-0.2, -0.15) is 0 Å². The quantitative estimate of drug-likeness (QED) is 0.868. The highest BCUT2D eigenvalue weighted by Crippen LogP contribution is 2.39. The van der Waals surface area contributed by atoms with Crippen molar-refractivity contribution in [3.05, 3.63) is 29.8 Å². The maximum atomic E-state index is 12.5. The highest BCUT2D eigenvalue weighted by Gasteiger charge is 2.40. The van der Waals surface area contributed by atoms with Crippen LogP contribution in [0.25, 0.3) is 0 Å². The summed E-state index contributed by atoms with van der Waals surface area (Å²) < 4.78 is 5.21. The number of nitrogens with zero attached hydrogens (tertiary/aromatic N) is 1. The number of halogens is 1. The molecule has 5 heteroatoms. The van der Waals surface area contributed by atoms with E-state index in [1.807, 2.05) is 12.1 Å². The Kier molecular flexibility index (Phi) is 7.14. The van der Waals surface area contributed by atoms with Crippen LogP contribution in [0.5, 0.6) is 5.75 Å². The van der Waals surface area contributed by atoms with Crippen molar-refractivity contribution in [2.45, 2.75) is 51.5 Å². The Morgan fingerprint density at radius 1 is 1.20 bits per heavy atom. The Labute approximate surface area is 157 Å². The van der Waals surface area contributed by atoms with E-state index < -0.39 is 0 Å². The molecule has 1 spiro atoms. The Balaban J connectivity index is 0.00000225. The summed E-state index contributed by atoms with van der Waals surface area (Å²) in [4.78, 5) is 14.6. The van der Waals surface area contributed by atoms with Crippen molar-refractivity contribution in [1.82, 2.24) is 10.2 Å². The van der Waals surface area contributed by atoms with Crippen LogP contribution in [0.4, 0.5) is 0 Å². The number of aryl methyl sites for hydroxylation is 1. The van der Waals surface area contributed by atoms with Crippen molar-refractivity contribution < 1.29 is 9.53 Å². The van der Waals surface area contributed by atoms with Crippen LogP contribution < -0.4 is 10.1 Å². The number of nitrogens with one attached hydrogen (secondary N) is 1. The Bertz CT molecular complexity index is 555. The molecule has 1 aromatic carbocycles. The molecule has 4 nitrogen and oxygen atoms in total. The molecule has 1 aromatic rings. The van der Waals surface area contributed by atoms with Crippen LogP contribution >= 0.6 is 12.4 Å². The third kappa shape index (κ3) is 4.89. The van der Waals surface area contributed by atoms with Gasteiger partial charge in [0.1, 0.15) is 5.75 Å². The van der Waals surface area contributed by atoms with E-state index in [0.717, 1.165) is 51.1 Å². The van der Waals surface area contributed by atoms with Gasteiger partial charge in [-0.3, -0.25) is 4.79 Å². The summed E-state index contributed by atoms with van der Waals surface area (Å²) in [5, 5.41) is 3.45. The second-order valence-electron chi connectivity index (χ2n) is 7.51. The first kappa shape index (κ1) is 20.1. The van der Waals surface area contributed by atoms with Crippen molar-refractivity contribution in [3.8, 4) is 5.75 Å². The Morgan fingerprint density at radius 3 is 2.52 bits per heavy atom. The van der Waals surface area contributed by atoms with Gasteiger partial charge in [-0.1, -0.05) is 12.1 Å². The lowest BCUT2D eigenvalue weighted by Gasteiger charge is -2.47. The predicted molar refractivity (Wildman–Crippen MR) is 104 cm³/mol. The molecule has 0 radical (unpaired) electrons. The van der Waals surface area contributed by atoms with Crippen molar-refractivity contribution in [3.63, 3.8) is 0 Å². The highest BCUT2D eigenvalue weighted by molar-refractivity contribution is 5.85. The van der Waals surface area contributed by atoms with E-state index in [-0.39, 0.29) is 12.4 Å². The maximum Gasteiger partial charge on any atom is 0.222 e. The van der Waals surface area contributed by atoms with Crippen LogP contribution in [0.2, 0.25) is 0 Å². The highest BCUT2D eigenvalue weighted by atomic mass is 35.5. The molecule has 2 saturated heterocycles. The Hall–Kier alpha value is -1.26. The lowest BCUT2D eigenvalue weighted by molar-refractivity contribution is -0.141. The van der Waals surface area contributed by atoms with E-state index >= 15 is 0 Å². The van der Waals surface area contributed by atoms with Crippen molar-refractivity contribution in [2.75, 3.05) is 26.7 Å². The van der Waals surface area contributed by atoms with E-state index in [2.05, 4.69) is 29.3 Å². The molecule has 2 aliphatic heterocycles. The molecule has 140 valence electrons. The van der Waals surface area contributed by atoms with Gasteiger partial charge in [0.2, 0.25) is 5.91 Å². The fourth-order valence-corrected chi connectivity index (χ4v) is 4.13. The third-order valence-electron chi connectivity index (χ3n) is 5.90. The van der Waals surface area contributed by atoms with E-state index in [0.29, 0.717) is 17.4 Å². The zero-order valence-corrected chi connectivity index (χ0v) is 16.2. The largest absolute Gasteiger partial charge is 0.497 e. The summed E-state index contributed by atoms with van der Waals surface area (Å²) in [7, 11) is 1.69. The van der Waals surface area contributed by atoms with Gasteiger partial charge < -0.3 is 15.0 Å². The van der Waals surface area contributed by atoms with Crippen molar-refractivity contribution in [2.24, 2.45) is 5.41 Å². The number of rotatable bonds is 5. The molecule has 0 bridgehead atoms. The first-order valence-electron chi connectivity index (χ1n) is 9.25. The average Bonchev–Trinajstić information content (AvgIpc) is 2.63. The summed E-state index contributed by atoms with van der Waals surface area (Å²) in [5.41, 5.74) is 1.68. The molecule has 1 N–H and O–H groups in total. The molecule has 2 aliphatic rings. The van der Waals surface area contributed by atoms with Gasteiger partial charge in [-0.05, 0) is 75.2 Å². The van der Waals surface area contributed by atoms with Crippen LogP contribution in [0.3, 0.4) is 0 Å². The molecule has 3 rings (SSSR count). The lowest BCUT2D eigenvalue weighted by atomic mass is 9.72. The first-order chi connectivity index (χ1) is 11.6. The minimum Gasteiger partial charge on any atom is -0.497 e. The van der Waals surface area contributed by atoms with Crippen molar-refractivity contribution in [1.29, 1.82) is 0 Å². The number of carbonyl (C=O) groups excluding carboxylic acids is 1. The standard InChI is InChI=1S/C20H30N2O2.ClH/c1-16(3-4-17-5-7-18(24-2)8-6-17)22-15-20(10-9-19(22)23)11-13-21-14-12-20;/h5-8,16,21H,3-4,9-15H2,1-2H3;1H. The van der Waals surface area contributed by atoms with Crippen LogP contribution in [0, 0.1) is 5.41 Å². The number of benzene rings is 1. The number of hydrogen-bond donors (Lipinski definition) is 1. The second kappa shape index (κ2) is 8.91. The van der Waals surface area contributed by atoms with Crippen molar-refractivity contribution >= 4 is 18.3 Å². The summed E-state index contributed by atoms with van der Waals surface area (Å²) in [6.45, 7) is 5.36. The van der Waals surface area contributed by atoms with Crippen LogP contribution in [0.1, 0.15) is 44.6 Å². The minimum absolute atomic E-state index is 0. The minimum atomic E-state index is 0. The molecular weight excluding hydrogens is 336 g/mol. The van der Waals surface area contributed by atoms with Gasteiger partial charge in [0.15, 0.2) is 0 Å². The van der Waals surface area contributed by atoms with Gasteiger partial charge in [0.05, 0.1) is 7.11 Å². The van der Waals surface area contributed by atoms with Gasteiger partial charge in [0.25, 0.3) is 0 Å². The molecule has 2 heterocycles. The number of ether oxygens (including phenoxy) is 1. The van der Waals surface area contributed by atoms with Gasteiger partial charge >= 0.3 is 0 Å². The zero-order chi connectivity index (χ0) is 17.0. The normalized spacial score (nSPS) is 20.9. The van der Waals surface area contributed by atoms with Gasteiger partial charge in [-0.25, -0.2) is 0 Å². The van der Waals surface area contributed by atoms with Crippen LogP contribution in [-0.2, 0) is 11.2 Å². The van der Waals surface area contributed by atoms with E-state index in [9.17, 15) is 4.79 Å². The number of amides is 1. The first-order valence-corrected chi connectivity index (χ1v) is 9.25. The molecule has 1 amide bonds. The van der Waals surface area contributed by atoms with E-state index in [1.54, 1.807) is 7.11 Å². The molecule has 0 aliphatic carbocycles. The monoisotopic (exact) mass is 366 g/mol. The number of carbonyl (C=O) groups is 1. The molecule has 1 atom stereocenters. The lowest BCUT2D eigenvalue weighted by Crippen LogP contribution is -2.53. The van der Waals surface area contributed by atoms with Gasteiger partial charge in [-0.15, -0.1) is 12.4 Å². The summed E-state index contributed by atoms with van der Waals surface area (Å²) in [6.07, 6.45) is 6.25. The molecule has 0 saturated carbocycles. The Morgan fingerprint density at radius 2 is 1.88 bits per heavy atom. The predicted octanol–water partition coefficient (Wildman–Crippen LogP) is 3.43. The van der Waals surface area contributed by atoms with E-state index in [1.165, 1.54) is 18.4 Å². The fourth-order valence-electron chi connectivity index (χ4n) is 4.13. The van der Waals surface area contributed by atoms with Crippen LogP contribution in [-0.4, -0.2) is 43.6 Å². The summed E-state index contributed by atoms with van der Waals surface area (Å²) >= 11 is 0. The SMILES string of the molecule is COc1ccc(CCC(C)N2CC3(CCNCC3)CCC2=O)cc1.Cl. The number of methoxy groups -OCH3 is 1. The zero-order valence-electron chi connectivity index (χ0n) is 15.4. The topological polar surface area (TPSA) is 41.6 Å². The second-order valence-corrected chi connectivity index (χ2v) is 7.51. The molecular formula is C20H31ClN2O2. The molecule has 25 heavy (non-hydrogen) atoms. The summed E-state index contributed by atoms with van der Waals surface area (Å²) in [6, 6.07) is 8.58.